The van der Waals surface area contributed by atoms with Gasteiger partial charge in [0.05, 0.1) is 6.10 Å². The highest BCUT2D eigenvalue weighted by Gasteiger charge is 2.42. The van der Waals surface area contributed by atoms with Crippen molar-refractivity contribution in [3.05, 3.63) is 95.3 Å². The van der Waals surface area contributed by atoms with Gasteiger partial charge in [-0.2, -0.15) is 0 Å². The molecule has 4 atom stereocenters. The molecule has 0 amide bonds. The quantitative estimate of drug-likeness (QED) is 0.538. The van der Waals surface area contributed by atoms with Gasteiger partial charge >= 0.3 is 0 Å². The van der Waals surface area contributed by atoms with E-state index >= 15 is 0 Å². The molecule has 170 valence electrons. The van der Waals surface area contributed by atoms with Gasteiger partial charge in [-0.3, -0.25) is 19.6 Å². The second kappa shape index (κ2) is 10.1. The molecule has 1 fully saturated rings. The fraction of sp³-hybridized carbons (Fsp3) is 0.308. The molecule has 1 aliphatic heterocycles. The van der Waals surface area contributed by atoms with Crippen LogP contribution in [-0.4, -0.2) is 39.7 Å². The molecule has 0 aliphatic carbocycles. The molecule has 2 N–H and O–H groups in total. The molecule has 0 bridgehead atoms. The number of aromatic nitrogens is 2. The molecule has 1 unspecified atom stereocenters. The van der Waals surface area contributed by atoms with E-state index in [-0.39, 0.29) is 18.0 Å². The number of rotatable bonds is 7. The summed E-state index contributed by atoms with van der Waals surface area (Å²) in [5.41, 5.74) is 1.75. The van der Waals surface area contributed by atoms with Crippen LogP contribution in [0.3, 0.4) is 0 Å². The standard InChI is InChI=1S/C26H26FN3O3/c1-16-19(7-2-8-23(16)27)24(31)11-20-21(25(32)17-5-3-9-28-12-17)14-30-15-22(20)26(33)18-6-4-10-29-13-18/h2-10,12-13,20-22,24,30-31H,11,14-15H2,1H3/t20-,21+,22-,24?. The van der Waals surface area contributed by atoms with E-state index in [1.54, 1.807) is 55.7 Å². The van der Waals surface area contributed by atoms with E-state index in [9.17, 15) is 19.1 Å². The predicted molar refractivity (Wildman–Crippen MR) is 121 cm³/mol. The van der Waals surface area contributed by atoms with E-state index in [2.05, 4.69) is 15.3 Å². The third-order valence-electron chi connectivity index (χ3n) is 6.49. The average molecular weight is 448 g/mol. The minimum Gasteiger partial charge on any atom is -0.388 e. The Morgan fingerprint density at radius 1 is 1.00 bits per heavy atom. The first-order chi connectivity index (χ1) is 16.0. The van der Waals surface area contributed by atoms with Crippen molar-refractivity contribution in [3.8, 4) is 0 Å². The summed E-state index contributed by atoms with van der Waals surface area (Å²) in [4.78, 5) is 34.9. The maximum atomic E-state index is 14.1. The van der Waals surface area contributed by atoms with Gasteiger partial charge in [-0.05, 0) is 60.7 Å². The number of ketones is 2. The molecular weight excluding hydrogens is 421 g/mol. The van der Waals surface area contributed by atoms with Crippen LogP contribution in [0.15, 0.2) is 67.3 Å². The summed E-state index contributed by atoms with van der Waals surface area (Å²) in [5, 5.41) is 14.3. The van der Waals surface area contributed by atoms with Gasteiger partial charge in [-0.15, -0.1) is 0 Å². The molecule has 7 heteroatoms. The molecule has 4 rings (SSSR count). The lowest BCUT2D eigenvalue weighted by Crippen LogP contribution is -2.50. The Balaban J connectivity index is 1.69. The fourth-order valence-corrected chi connectivity index (χ4v) is 4.70. The largest absolute Gasteiger partial charge is 0.388 e. The van der Waals surface area contributed by atoms with Crippen LogP contribution >= 0.6 is 0 Å². The number of aliphatic hydroxyl groups is 1. The average Bonchev–Trinajstić information content (AvgIpc) is 2.86. The maximum absolute atomic E-state index is 14.1. The molecule has 0 saturated carbocycles. The summed E-state index contributed by atoms with van der Waals surface area (Å²) < 4.78 is 14.1. The van der Waals surface area contributed by atoms with E-state index in [0.717, 1.165) is 0 Å². The van der Waals surface area contributed by atoms with Crippen molar-refractivity contribution in [3.63, 3.8) is 0 Å². The monoisotopic (exact) mass is 447 g/mol. The van der Waals surface area contributed by atoms with Crippen molar-refractivity contribution in [2.75, 3.05) is 13.1 Å². The molecule has 33 heavy (non-hydrogen) atoms. The van der Waals surface area contributed by atoms with Crippen LogP contribution in [0.1, 0.15) is 44.4 Å². The van der Waals surface area contributed by atoms with E-state index in [0.29, 0.717) is 35.3 Å². The lowest BCUT2D eigenvalue weighted by Gasteiger charge is -2.38. The van der Waals surface area contributed by atoms with Crippen molar-refractivity contribution in [2.24, 2.45) is 17.8 Å². The zero-order valence-electron chi connectivity index (χ0n) is 18.3. The number of hydrogen-bond donors (Lipinski definition) is 2. The predicted octanol–water partition coefficient (Wildman–Crippen LogP) is 3.57. The van der Waals surface area contributed by atoms with Crippen molar-refractivity contribution in [1.82, 2.24) is 15.3 Å². The third-order valence-corrected chi connectivity index (χ3v) is 6.49. The number of hydrogen-bond acceptors (Lipinski definition) is 6. The Morgan fingerprint density at radius 2 is 1.58 bits per heavy atom. The smallest absolute Gasteiger partial charge is 0.169 e. The van der Waals surface area contributed by atoms with Crippen LogP contribution in [-0.2, 0) is 0 Å². The van der Waals surface area contributed by atoms with Crippen molar-refractivity contribution < 1.29 is 19.1 Å². The second-order valence-electron chi connectivity index (χ2n) is 8.45. The highest BCUT2D eigenvalue weighted by atomic mass is 19.1. The van der Waals surface area contributed by atoms with Crippen LogP contribution in [0.2, 0.25) is 0 Å². The number of benzene rings is 1. The molecule has 3 heterocycles. The first-order valence-corrected chi connectivity index (χ1v) is 11.0. The third kappa shape index (κ3) is 4.89. The van der Waals surface area contributed by atoms with Gasteiger partial charge in [-0.25, -0.2) is 4.39 Å². The van der Waals surface area contributed by atoms with Gasteiger partial charge in [0, 0.05) is 60.8 Å². The van der Waals surface area contributed by atoms with E-state index in [1.165, 1.54) is 18.5 Å². The molecule has 2 aromatic heterocycles. The lowest BCUT2D eigenvalue weighted by molar-refractivity contribution is 0.0528. The number of carbonyl (C=O) groups excluding carboxylic acids is 2. The maximum Gasteiger partial charge on any atom is 0.169 e. The highest BCUT2D eigenvalue weighted by molar-refractivity contribution is 6.01. The van der Waals surface area contributed by atoms with E-state index in [1.807, 2.05) is 0 Å². The lowest BCUT2D eigenvalue weighted by atomic mass is 9.69. The Hall–Kier alpha value is -3.29. The fourth-order valence-electron chi connectivity index (χ4n) is 4.70. The van der Waals surface area contributed by atoms with Gasteiger partial charge in [0.2, 0.25) is 0 Å². The summed E-state index contributed by atoms with van der Waals surface area (Å²) >= 11 is 0. The molecule has 0 spiro atoms. The van der Waals surface area contributed by atoms with E-state index in [4.69, 9.17) is 0 Å². The van der Waals surface area contributed by atoms with Crippen molar-refractivity contribution in [1.29, 1.82) is 0 Å². The zero-order chi connectivity index (χ0) is 23.4. The topological polar surface area (TPSA) is 92.2 Å². The summed E-state index contributed by atoms with van der Waals surface area (Å²) in [6, 6.07) is 11.4. The SMILES string of the molecule is Cc1c(F)cccc1C(O)C[C@@H]1[C@@H](C(=O)c2cccnc2)CNC[C@H]1C(=O)c1cccnc1. The minimum atomic E-state index is -1.02. The molecule has 0 radical (unpaired) electrons. The van der Waals surface area contributed by atoms with Gasteiger partial charge < -0.3 is 10.4 Å². The van der Waals surface area contributed by atoms with Crippen LogP contribution in [0.5, 0.6) is 0 Å². The van der Waals surface area contributed by atoms with Crippen molar-refractivity contribution in [2.45, 2.75) is 19.4 Å². The van der Waals surface area contributed by atoms with Crippen LogP contribution in [0.4, 0.5) is 4.39 Å². The second-order valence-corrected chi connectivity index (χ2v) is 8.45. The Labute approximate surface area is 191 Å². The Kier molecular flexibility index (Phi) is 7.01. The number of pyridine rings is 2. The van der Waals surface area contributed by atoms with E-state index < -0.39 is 29.7 Å². The normalized spacial score (nSPS) is 21.4. The molecule has 6 nitrogen and oxygen atoms in total. The van der Waals surface area contributed by atoms with Gasteiger partial charge in [0.1, 0.15) is 5.82 Å². The summed E-state index contributed by atoms with van der Waals surface area (Å²) in [6.45, 7) is 2.38. The zero-order valence-corrected chi connectivity index (χ0v) is 18.3. The molecule has 1 aliphatic rings. The number of nitrogens with one attached hydrogen (secondary N) is 1. The number of halogens is 1. The summed E-state index contributed by atoms with van der Waals surface area (Å²) in [6.07, 6.45) is 5.35. The van der Waals surface area contributed by atoms with Crippen LogP contribution < -0.4 is 5.32 Å². The Morgan fingerprint density at radius 3 is 2.09 bits per heavy atom. The molecule has 1 saturated heterocycles. The number of piperidine rings is 1. The summed E-state index contributed by atoms with van der Waals surface area (Å²) in [7, 11) is 0. The number of Topliss-reactive ketones (excluding diaryl/α,β-unsaturated/α-hetero) is 2. The molecule has 3 aromatic rings. The van der Waals surface area contributed by atoms with Gasteiger partial charge in [0.15, 0.2) is 11.6 Å². The number of aliphatic hydroxyl groups excluding tert-OH is 1. The van der Waals surface area contributed by atoms with Crippen LogP contribution in [0, 0.1) is 30.5 Å². The molecule has 1 aromatic carbocycles. The van der Waals surface area contributed by atoms with Crippen LogP contribution in [0.25, 0.3) is 0 Å². The van der Waals surface area contributed by atoms with Gasteiger partial charge in [0.25, 0.3) is 0 Å². The summed E-state index contributed by atoms with van der Waals surface area (Å²) in [5.74, 6) is -2.21. The first kappa shape index (κ1) is 22.9. The highest BCUT2D eigenvalue weighted by Crippen LogP contribution is 2.37. The first-order valence-electron chi connectivity index (χ1n) is 11.0. The van der Waals surface area contributed by atoms with Crippen molar-refractivity contribution >= 4 is 11.6 Å². The van der Waals surface area contributed by atoms with Gasteiger partial charge in [-0.1, -0.05) is 12.1 Å². The number of carbonyl (C=O) groups is 2. The molecular formula is C26H26FN3O3. The minimum absolute atomic E-state index is 0.132. The number of nitrogens with zero attached hydrogens (tertiary/aromatic N) is 2. The Bertz CT molecular complexity index is 1060.